The fourth-order valence-corrected chi connectivity index (χ4v) is 3.74. The predicted octanol–water partition coefficient (Wildman–Crippen LogP) is 4.39. The average molecular weight is 521 g/mol. The van der Waals surface area contributed by atoms with Gasteiger partial charge in [-0.1, -0.05) is 36.7 Å². The van der Waals surface area contributed by atoms with Crippen LogP contribution >= 0.6 is 11.6 Å². The van der Waals surface area contributed by atoms with Crippen LogP contribution in [-0.2, 0) is 31.1 Å². The summed E-state index contributed by atoms with van der Waals surface area (Å²) in [6.07, 6.45) is -4.46. The normalized spacial score (nSPS) is 11.7. The molecule has 0 radical (unpaired) electrons. The monoisotopic (exact) mass is 520 g/mol. The Hall–Kier alpha value is -3.86. The molecular formula is C24H20ClF3N4O4. The minimum Gasteiger partial charge on any atom is -0.425 e. The lowest BCUT2D eigenvalue weighted by Crippen LogP contribution is -2.41. The van der Waals surface area contributed by atoms with Crippen LogP contribution in [0, 0.1) is 0 Å². The number of fused-ring (bicyclic) bond motifs is 1. The number of alkyl halides is 3. The molecule has 0 saturated carbocycles. The quantitative estimate of drug-likeness (QED) is 0.361. The van der Waals surface area contributed by atoms with Crippen LogP contribution in [0.5, 0.6) is 11.8 Å². The van der Waals surface area contributed by atoms with Crippen LogP contribution in [-0.4, -0.2) is 24.5 Å². The van der Waals surface area contributed by atoms with E-state index < -0.39 is 29.5 Å². The Morgan fingerprint density at radius 1 is 1.08 bits per heavy atom. The Kier molecular flexibility index (Phi) is 6.77. The molecule has 0 atom stereocenters. The summed E-state index contributed by atoms with van der Waals surface area (Å²) < 4.78 is 48.6. The first-order valence-corrected chi connectivity index (χ1v) is 11.2. The van der Waals surface area contributed by atoms with Crippen LogP contribution in [0.4, 0.5) is 13.2 Å². The molecule has 2 aromatic heterocycles. The number of ketones is 1. The fourth-order valence-electron chi connectivity index (χ4n) is 3.62. The van der Waals surface area contributed by atoms with Crippen LogP contribution in [0.1, 0.15) is 24.5 Å². The minimum absolute atomic E-state index is 0.0249. The molecular weight excluding hydrogens is 501 g/mol. The Labute approximate surface area is 207 Å². The van der Waals surface area contributed by atoms with E-state index in [9.17, 15) is 27.6 Å². The maximum absolute atomic E-state index is 13.4. The molecule has 4 rings (SSSR count). The Bertz CT molecular complexity index is 1570. The van der Waals surface area contributed by atoms with Crippen LogP contribution in [0.15, 0.2) is 58.1 Å². The fraction of sp³-hybridized carbons (Fsp3) is 0.250. The summed E-state index contributed by atoms with van der Waals surface area (Å²) in [6.45, 7) is 1.22. The van der Waals surface area contributed by atoms with Gasteiger partial charge in [0, 0.05) is 18.5 Å². The van der Waals surface area contributed by atoms with Gasteiger partial charge in [0.25, 0.3) is 5.56 Å². The van der Waals surface area contributed by atoms with Gasteiger partial charge in [-0.05, 0) is 35.9 Å². The maximum Gasteiger partial charge on any atom is 0.416 e. The van der Waals surface area contributed by atoms with Crippen molar-refractivity contribution in [2.75, 3.05) is 0 Å². The van der Waals surface area contributed by atoms with Crippen molar-refractivity contribution < 1.29 is 22.7 Å². The van der Waals surface area contributed by atoms with E-state index in [-0.39, 0.29) is 41.7 Å². The van der Waals surface area contributed by atoms with Crippen LogP contribution < -0.4 is 16.0 Å². The number of carbonyl (C=O) groups is 1. The van der Waals surface area contributed by atoms with Crippen LogP contribution in [0.2, 0.25) is 5.02 Å². The number of ether oxygens (including phenoxy) is 1. The highest BCUT2D eigenvalue weighted by Crippen LogP contribution is 2.33. The van der Waals surface area contributed by atoms with Gasteiger partial charge >= 0.3 is 17.9 Å². The zero-order valence-electron chi connectivity index (χ0n) is 19.2. The standard InChI is InChI=1S/C24H20ClF3N4O4/c1-3-17(33)13-32-21(34)19-20(30(2)23(32)35)29-22(31(19)12-14-7-9-16(25)10-8-14)36-18-6-4-5-15(11-18)24(26,27)28/h4-11H,3,12-13H2,1-2H3. The van der Waals surface area contributed by atoms with E-state index in [1.807, 2.05) is 0 Å². The van der Waals surface area contributed by atoms with Crippen molar-refractivity contribution in [3.8, 4) is 11.8 Å². The van der Waals surface area contributed by atoms with Crippen molar-refractivity contribution in [1.82, 2.24) is 18.7 Å². The first-order valence-electron chi connectivity index (χ1n) is 10.8. The van der Waals surface area contributed by atoms with E-state index in [0.717, 1.165) is 21.3 Å². The lowest BCUT2D eigenvalue weighted by atomic mass is 10.2. The third kappa shape index (κ3) is 4.92. The third-order valence-electron chi connectivity index (χ3n) is 5.55. The van der Waals surface area contributed by atoms with E-state index in [4.69, 9.17) is 16.3 Å². The Balaban J connectivity index is 1.93. The molecule has 0 N–H and O–H groups in total. The summed E-state index contributed by atoms with van der Waals surface area (Å²) in [7, 11) is 1.38. The zero-order valence-corrected chi connectivity index (χ0v) is 19.9. The summed E-state index contributed by atoms with van der Waals surface area (Å²) in [5, 5.41) is 0.484. The molecule has 0 bridgehead atoms. The van der Waals surface area contributed by atoms with Crippen LogP contribution in [0.3, 0.4) is 0 Å². The summed E-state index contributed by atoms with van der Waals surface area (Å²) in [5.41, 5.74) is -1.85. The predicted molar refractivity (Wildman–Crippen MR) is 127 cm³/mol. The second kappa shape index (κ2) is 9.65. The molecule has 0 saturated heterocycles. The number of halogens is 4. The molecule has 2 aromatic carbocycles. The molecule has 2 heterocycles. The number of hydrogen-bond acceptors (Lipinski definition) is 5. The largest absolute Gasteiger partial charge is 0.425 e. The molecule has 8 nitrogen and oxygen atoms in total. The van der Waals surface area contributed by atoms with Gasteiger partial charge in [-0.25, -0.2) is 4.79 Å². The molecule has 0 unspecified atom stereocenters. The second-order valence-electron chi connectivity index (χ2n) is 8.03. The van der Waals surface area contributed by atoms with E-state index in [2.05, 4.69) is 4.98 Å². The average Bonchev–Trinajstić information content (AvgIpc) is 3.19. The van der Waals surface area contributed by atoms with E-state index in [1.165, 1.54) is 23.7 Å². The molecule has 0 spiro atoms. The summed E-state index contributed by atoms with van der Waals surface area (Å²) >= 11 is 5.97. The van der Waals surface area contributed by atoms with Gasteiger partial charge < -0.3 is 4.74 Å². The molecule has 0 amide bonds. The highest BCUT2D eigenvalue weighted by molar-refractivity contribution is 6.30. The van der Waals surface area contributed by atoms with E-state index >= 15 is 0 Å². The van der Waals surface area contributed by atoms with Gasteiger partial charge in [-0.3, -0.25) is 23.3 Å². The second-order valence-corrected chi connectivity index (χ2v) is 8.47. The Morgan fingerprint density at radius 3 is 2.42 bits per heavy atom. The molecule has 0 aliphatic heterocycles. The minimum atomic E-state index is -4.59. The van der Waals surface area contributed by atoms with E-state index in [0.29, 0.717) is 10.6 Å². The number of aryl methyl sites for hydroxylation is 1. The molecule has 0 aliphatic rings. The van der Waals surface area contributed by atoms with Crippen LogP contribution in [0.25, 0.3) is 11.2 Å². The number of nitrogens with zero attached hydrogens (tertiary/aromatic N) is 4. The number of Topliss-reactive ketones (excluding diaryl/α,β-unsaturated/α-hetero) is 1. The van der Waals surface area contributed by atoms with Gasteiger partial charge in [0.15, 0.2) is 16.9 Å². The highest BCUT2D eigenvalue weighted by atomic mass is 35.5. The van der Waals surface area contributed by atoms with Crippen molar-refractivity contribution in [2.45, 2.75) is 32.6 Å². The zero-order chi connectivity index (χ0) is 26.2. The van der Waals surface area contributed by atoms with Crippen molar-refractivity contribution in [2.24, 2.45) is 7.05 Å². The van der Waals surface area contributed by atoms with Gasteiger partial charge in [0.05, 0.1) is 18.7 Å². The number of benzene rings is 2. The number of carbonyl (C=O) groups excluding carboxylic acids is 1. The molecule has 0 aliphatic carbocycles. The van der Waals surface area contributed by atoms with Crippen molar-refractivity contribution in [1.29, 1.82) is 0 Å². The lowest BCUT2D eigenvalue weighted by molar-refractivity contribution is -0.137. The van der Waals surface area contributed by atoms with E-state index in [1.54, 1.807) is 31.2 Å². The number of hydrogen-bond donors (Lipinski definition) is 0. The summed E-state index contributed by atoms with van der Waals surface area (Å²) in [5.74, 6) is -0.485. The highest BCUT2D eigenvalue weighted by Gasteiger charge is 2.31. The van der Waals surface area contributed by atoms with Gasteiger partial charge in [0.1, 0.15) is 5.75 Å². The maximum atomic E-state index is 13.4. The number of rotatable bonds is 7. The SMILES string of the molecule is CCC(=O)Cn1c(=O)c2c(nc(Oc3cccc(C(F)(F)F)c3)n2Cc2ccc(Cl)cc2)n(C)c1=O. The molecule has 36 heavy (non-hydrogen) atoms. The molecule has 12 heteroatoms. The summed E-state index contributed by atoms with van der Waals surface area (Å²) in [6, 6.07) is 10.7. The first kappa shape index (κ1) is 25.2. The van der Waals surface area contributed by atoms with Crippen molar-refractivity contribution in [3.63, 3.8) is 0 Å². The van der Waals surface area contributed by atoms with Gasteiger partial charge in [-0.15, -0.1) is 0 Å². The lowest BCUT2D eigenvalue weighted by Gasteiger charge is -2.12. The topological polar surface area (TPSA) is 88.1 Å². The van der Waals surface area contributed by atoms with Gasteiger partial charge in [-0.2, -0.15) is 18.2 Å². The Morgan fingerprint density at radius 2 is 1.78 bits per heavy atom. The smallest absolute Gasteiger partial charge is 0.416 e. The molecule has 4 aromatic rings. The molecule has 0 fully saturated rings. The number of imidazole rings is 1. The number of aromatic nitrogens is 4. The first-order chi connectivity index (χ1) is 17.0. The summed E-state index contributed by atoms with van der Waals surface area (Å²) in [4.78, 5) is 42.5. The molecule has 188 valence electrons. The van der Waals surface area contributed by atoms with Crippen molar-refractivity contribution in [3.05, 3.63) is 85.5 Å². The third-order valence-corrected chi connectivity index (χ3v) is 5.80. The van der Waals surface area contributed by atoms with Crippen molar-refractivity contribution >= 4 is 28.5 Å². The van der Waals surface area contributed by atoms with Gasteiger partial charge in [0.2, 0.25) is 0 Å².